The van der Waals surface area contributed by atoms with Crippen molar-refractivity contribution in [1.29, 1.82) is 0 Å². The van der Waals surface area contributed by atoms with Gasteiger partial charge in [-0.25, -0.2) is 4.21 Å². The van der Waals surface area contributed by atoms with E-state index in [0.29, 0.717) is 49.3 Å². The lowest BCUT2D eigenvalue weighted by Gasteiger charge is -2.46. The van der Waals surface area contributed by atoms with Crippen LogP contribution >= 0.6 is 11.6 Å². The lowest BCUT2D eigenvalue weighted by Crippen LogP contribution is -2.57. The maximum absolute atomic E-state index is 14.7. The highest BCUT2D eigenvalue weighted by Gasteiger charge is 2.44. The molecule has 0 unspecified atom stereocenters. The number of ether oxygens (including phenoxy) is 3. The summed E-state index contributed by atoms with van der Waals surface area (Å²) >= 11 is 6.47. The van der Waals surface area contributed by atoms with Gasteiger partial charge in [0.1, 0.15) is 23.4 Å². The number of carbonyl (C=O) groups is 2. The SMILES string of the molecule is CO[C@H]1/C=C/C[C@H](C)C[S@@](=O)(CC(=O)N2CC(Oc3cccnc3)C2)=NC(=O)c2ccc3c(c2)N(C[C@@H]2CC[C@H]21)C[C@@]1(CCCc2cc(Cl)ccc21)CO3. The van der Waals surface area contributed by atoms with E-state index in [4.69, 9.17) is 25.8 Å². The summed E-state index contributed by atoms with van der Waals surface area (Å²) in [5.74, 6) is 0.925. The molecule has 1 spiro atoms. The third-order valence-corrected chi connectivity index (χ3v) is 14.6. The van der Waals surface area contributed by atoms with Gasteiger partial charge < -0.3 is 24.0 Å². The van der Waals surface area contributed by atoms with E-state index in [2.05, 4.69) is 38.5 Å². The first-order chi connectivity index (χ1) is 26.1. The molecule has 0 N–H and O–H groups in total. The van der Waals surface area contributed by atoms with Crippen molar-refractivity contribution in [2.45, 2.75) is 63.1 Å². The molecule has 2 fully saturated rings. The summed E-state index contributed by atoms with van der Waals surface area (Å²) in [7, 11) is -1.50. The summed E-state index contributed by atoms with van der Waals surface area (Å²) in [6.07, 6.45) is 13.1. The number of likely N-dealkylation sites (tertiary alicyclic amines) is 1. The zero-order chi connectivity index (χ0) is 37.5. The summed E-state index contributed by atoms with van der Waals surface area (Å²) in [6.45, 7) is 4.77. The van der Waals surface area contributed by atoms with Crippen LogP contribution in [0.5, 0.6) is 11.5 Å². The van der Waals surface area contributed by atoms with Crippen molar-refractivity contribution in [3.8, 4) is 11.5 Å². The van der Waals surface area contributed by atoms with E-state index in [9.17, 15) is 13.8 Å². The van der Waals surface area contributed by atoms with Crippen LogP contribution in [0.4, 0.5) is 5.69 Å². The maximum atomic E-state index is 14.7. The number of pyridine rings is 1. The minimum Gasteiger partial charge on any atom is -0.490 e. The van der Waals surface area contributed by atoms with Gasteiger partial charge in [0.25, 0.3) is 5.91 Å². The van der Waals surface area contributed by atoms with Gasteiger partial charge >= 0.3 is 0 Å². The number of carbonyl (C=O) groups excluding carboxylic acids is 2. The third-order valence-electron chi connectivity index (χ3n) is 12.1. The quantitative estimate of drug-likeness (QED) is 0.263. The number of hydrogen-bond donors (Lipinski definition) is 0. The smallest absolute Gasteiger partial charge is 0.285 e. The van der Waals surface area contributed by atoms with Crippen molar-refractivity contribution >= 4 is 38.8 Å². The number of rotatable bonds is 5. The highest BCUT2D eigenvalue weighted by Crippen LogP contribution is 2.47. The molecule has 8 rings (SSSR count). The van der Waals surface area contributed by atoms with E-state index in [1.54, 1.807) is 36.5 Å². The van der Waals surface area contributed by atoms with Crippen molar-refractivity contribution in [3.05, 3.63) is 94.8 Å². The minimum atomic E-state index is -3.28. The molecule has 2 aromatic carbocycles. The molecule has 10 nitrogen and oxygen atoms in total. The van der Waals surface area contributed by atoms with Crippen molar-refractivity contribution in [1.82, 2.24) is 9.88 Å². The zero-order valence-electron chi connectivity index (χ0n) is 31.0. The van der Waals surface area contributed by atoms with Gasteiger partial charge in [-0.15, -0.1) is 0 Å². The number of anilines is 1. The van der Waals surface area contributed by atoms with Crippen LogP contribution in [0.25, 0.3) is 0 Å². The van der Waals surface area contributed by atoms with Crippen molar-refractivity contribution in [2.24, 2.45) is 22.1 Å². The summed E-state index contributed by atoms with van der Waals surface area (Å²) in [4.78, 5) is 35.8. The molecule has 286 valence electrons. The summed E-state index contributed by atoms with van der Waals surface area (Å²) < 4.78 is 37.8. The molecule has 2 aliphatic carbocycles. The number of methoxy groups -OCH3 is 1. The predicted molar refractivity (Wildman–Crippen MR) is 210 cm³/mol. The highest BCUT2D eigenvalue weighted by atomic mass is 35.5. The van der Waals surface area contributed by atoms with Crippen LogP contribution < -0.4 is 14.4 Å². The summed E-state index contributed by atoms with van der Waals surface area (Å²) in [5.41, 5.74) is 3.47. The van der Waals surface area contributed by atoms with E-state index in [1.165, 1.54) is 11.1 Å². The zero-order valence-corrected chi connectivity index (χ0v) is 32.6. The summed E-state index contributed by atoms with van der Waals surface area (Å²) in [6, 6.07) is 15.3. The first kappa shape index (κ1) is 37.0. The van der Waals surface area contributed by atoms with E-state index < -0.39 is 15.6 Å². The Morgan fingerprint density at radius 1 is 1.13 bits per heavy atom. The molecule has 3 aromatic rings. The Kier molecular flexibility index (Phi) is 10.5. The van der Waals surface area contributed by atoms with Crippen LogP contribution in [-0.2, 0) is 31.1 Å². The number of halogens is 1. The average molecular weight is 773 g/mol. The van der Waals surface area contributed by atoms with Gasteiger partial charge in [0.05, 0.1) is 47.4 Å². The van der Waals surface area contributed by atoms with E-state index in [1.807, 2.05) is 31.2 Å². The molecule has 1 saturated heterocycles. The van der Waals surface area contributed by atoms with Crippen LogP contribution in [0.1, 0.15) is 60.5 Å². The number of benzene rings is 2. The van der Waals surface area contributed by atoms with Gasteiger partial charge in [0.15, 0.2) is 0 Å². The Morgan fingerprint density at radius 2 is 2.00 bits per heavy atom. The van der Waals surface area contributed by atoms with Crippen LogP contribution in [0.2, 0.25) is 5.02 Å². The highest BCUT2D eigenvalue weighted by molar-refractivity contribution is 7.94. The first-order valence-electron chi connectivity index (χ1n) is 19.2. The van der Waals surface area contributed by atoms with Gasteiger partial charge in [-0.05, 0) is 110 Å². The van der Waals surface area contributed by atoms with Crippen LogP contribution in [0, 0.1) is 17.8 Å². The summed E-state index contributed by atoms with van der Waals surface area (Å²) in [5, 5.41) is 0.744. The van der Waals surface area contributed by atoms with Gasteiger partial charge in [0, 0.05) is 48.2 Å². The van der Waals surface area contributed by atoms with Crippen LogP contribution in [0.3, 0.4) is 0 Å². The Morgan fingerprint density at radius 3 is 2.78 bits per heavy atom. The van der Waals surface area contributed by atoms with E-state index >= 15 is 0 Å². The Labute approximate surface area is 323 Å². The molecule has 4 heterocycles. The minimum absolute atomic E-state index is 0.0464. The Bertz CT molecular complexity index is 2050. The molecule has 54 heavy (non-hydrogen) atoms. The van der Waals surface area contributed by atoms with E-state index in [-0.39, 0.29) is 41.0 Å². The molecule has 6 atom stereocenters. The normalized spacial score (nSPS) is 30.4. The fraction of sp³-hybridized carbons (Fsp3) is 0.500. The molecule has 0 radical (unpaired) electrons. The second-order valence-corrected chi connectivity index (χ2v) is 18.8. The van der Waals surface area contributed by atoms with Crippen molar-refractivity contribution in [3.63, 3.8) is 0 Å². The van der Waals surface area contributed by atoms with Gasteiger partial charge in [-0.1, -0.05) is 36.7 Å². The van der Waals surface area contributed by atoms with Gasteiger partial charge in [-0.3, -0.25) is 14.6 Å². The van der Waals surface area contributed by atoms with Crippen molar-refractivity contribution in [2.75, 3.05) is 56.3 Å². The van der Waals surface area contributed by atoms with Crippen molar-refractivity contribution < 1.29 is 28.0 Å². The molecule has 1 saturated carbocycles. The number of aromatic nitrogens is 1. The molecular formula is C42H49ClN4O6S. The number of hydrogen-bond acceptors (Lipinski definition) is 8. The lowest BCUT2D eigenvalue weighted by atomic mass is 9.68. The first-order valence-corrected chi connectivity index (χ1v) is 21.4. The second-order valence-electron chi connectivity index (χ2n) is 16.0. The molecular weight excluding hydrogens is 724 g/mol. The monoisotopic (exact) mass is 772 g/mol. The van der Waals surface area contributed by atoms with Gasteiger partial charge in [0.2, 0.25) is 5.91 Å². The molecule has 2 bridgehead atoms. The number of amides is 2. The van der Waals surface area contributed by atoms with Crippen LogP contribution in [0.15, 0.2) is 77.4 Å². The Balaban J connectivity index is 1.11. The van der Waals surface area contributed by atoms with Crippen LogP contribution in [-0.4, -0.2) is 89.5 Å². The third kappa shape index (κ3) is 7.64. The fourth-order valence-electron chi connectivity index (χ4n) is 9.08. The van der Waals surface area contributed by atoms with Gasteiger partial charge in [-0.2, -0.15) is 4.36 Å². The van der Waals surface area contributed by atoms with E-state index in [0.717, 1.165) is 61.7 Å². The fourth-order valence-corrected chi connectivity index (χ4v) is 11.5. The standard InChI is InChI=1S/C42H49ClN4O6S/c1-28-6-3-9-38(51-2)35-13-10-31(35)21-47-26-42(16-4-7-29-18-32(43)12-14-36(29)42)27-52-39-15-11-30(19-37(39)47)41(49)45-54(50,24-28)25-40(48)46-22-34(23-46)53-33-8-5-17-44-20-33/h3,5,8-9,11-12,14-15,17-20,28,31,34-35,38H,4,6-7,10,13,16,21-27H2,1-2H3/b9-3+/t28-,31-,35+,38-,42-,54+/m0/s1. The number of aryl methyl sites for hydroxylation is 1. The maximum Gasteiger partial charge on any atom is 0.285 e. The molecule has 5 aliphatic rings. The molecule has 2 amide bonds. The second kappa shape index (κ2) is 15.3. The molecule has 12 heteroatoms. The predicted octanol–water partition coefficient (Wildman–Crippen LogP) is 6.74. The number of fused-ring (bicyclic) bond motifs is 4. The number of nitrogens with zero attached hydrogens (tertiary/aromatic N) is 4. The molecule has 3 aliphatic heterocycles. The number of allylic oxidation sites excluding steroid dienone is 1. The molecule has 1 aromatic heterocycles. The Hall–Kier alpha value is -3.93. The topological polar surface area (TPSA) is 111 Å². The lowest BCUT2D eigenvalue weighted by molar-refractivity contribution is -0.137. The largest absolute Gasteiger partial charge is 0.490 e. The average Bonchev–Trinajstić information content (AvgIpc) is 3.27.